The monoisotopic (exact) mass is 436 g/mol. The maximum Gasteiger partial charge on any atom is 0.274 e. The van der Waals surface area contributed by atoms with E-state index in [0.717, 1.165) is 62.1 Å². The number of aromatic nitrogens is 2. The Morgan fingerprint density at radius 2 is 1.53 bits per heavy atom. The van der Waals surface area contributed by atoms with Crippen molar-refractivity contribution in [1.82, 2.24) is 14.9 Å². The smallest absolute Gasteiger partial charge is 0.274 e. The standard InChI is InChI=1S/C25H26F2N4O/c26-21-6-2-18(3-7-21)24(19-4-8-22(27)9-5-19)20-11-16-31(17-12-20)15-1-13-28-25-29-14-10-23(32)30-25/h2-10,14H,1,11-13,15-17H2,(H2,28,29,30,32). The lowest BCUT2D eigenvalue weighted by Crippen LogP contribution is -2.32. The highest BCUT2D eigenvalue weighted by Gasteiger charge is 2.19. The maximum atomic E-state index is 13.5. The minimum Gasteiger partial charge on any atom is -0.356 e. The normalized spacial score (nSPS) is 14.4. The van der Waals surface area contributed by atoms with Crippen LogP contribution in [0.5, 0.6) is 0 Å². The van der Waals surface area contributed by atoms with Gasteiger partial charge in [-0.2, -0.15) is 4.98 Å². The second kappa shape index (κ2) is 10.3. The van der Waals surface area contributed by atoms with Gasteiger partial charge in [-0.15, -0.1) is 0 Å². The molecular weight excluding hydrogens is 410 g/mol. The first-order chi connectivity index (χ1) is 15.6. The van der Waals surface area contributed by atoms with Crippen LogP contribution in [0.2, 0.25) is 0 Å². The van der Waals surface area contributed by atoms with E-state index in [1.54, 1.807) is 30.5 Å². The summed E-state index contributed by atoms with van der Waals surface area (Å²) in [7, 11) is 0. The number of nitrogens with zero attached hydrogens (tertiary/aromatic N) is 2. The molecule has 0 bridgehead atoms. The van der Waals surface area contributed by atoms with Crippen molar-refractivity contribution in [2.45, 2.75) is 19.3 Å². The maximum absolute atomic E-state index is 13.5. The number of halogens is 2. The minimum atomic E-state index is -0.268. The molecule has 4 rings (SSSR count). The SMILES string of the molecule is O=c1cc[nH]c(NCCCN2CCC(=C(c3ccc(F)cc3)c3ccc(F)cc3)CC2)n1. The lowest BCUT2D eigenvalue weighted by atomic mass is 9.88. The largest absolute Gasteiger partial charge is 0.356 e. The molecule has 32 heavy (non-hydrogen) atoms. The van der Waals surface area contributed by atoms with Crippen molar-refractivity contribution in [1.29, 1.82) is 0 Å². The Kier molecular flexibility index (Phi) is 7.07. The van der Waals surface area contributed by atoms with E-state index in [-0.39, 0.29) is 17.2 Å². The van der Waals surface area contributed by atoms with Gasteiger partial charge in [-0.05, 0) is 66.8 Å². The molecule has 2 aromatic carbocycles. The second-order valence-corrected chi connectivity index (χ2v) is 7.89. The van der Waals surface area contributed by atoms with Gasteiger partial charge in [0, 0.05) is 31.9 Å². The summed E-state index contributed by atoms with van der Waals surface area (Å²) < 4.78 is 27.0. The summed E-state index contributed by atoms with van der Waals surface area (Å²) in [5.41, 5.74) is 4.03. The van der Waals surface area contributed by atoms with Crippen LogP contribution in [0, 0.1) is 11.6 Å². The number of rotatable bonds is 7. The van der Waals surface area contributed by atoms with E-state index < -0.39 is 0 Å². The molecule has 0 spiro atoms. The first-order valence-corrected chi connectivity index (χ1v) is 10.8. The zero-order valence-corrected chi connectivity index (χ0v) is 17.8. The molecule has 0 unspecified atom stereocenters. The fraction of sp³-hybridized carbons (Fsp3) is 0.280. The molecule has 1 aliphatic heterocycles. The summed E-state index contributed by atoms with van der Waals surface area (Å²) in [5, 5.41) is 3.14. The predicted molar refractivity (Wildman–Crippen MR) is 122 cm³/mol. The van der Waals surface area contributed by atoms with Gasteiger partial charge in [0.1, 0.15) is 11.6 Å². The molecule has 166 valence electrons. The van der Waals surface area contributed by atoms with Gasteiger partial charge >= 0.3 is 0 Å². The van der Waals surface area contributed by atoms with Crippen LogP contribution in [0.15, 0.2) is 71.2 Å². The Bertz CT molecular complexity index is 1070. The van der Waals surface area contributed by atoms with E-state index in [4.69, 9.17) is 0 Å². The highest BCUT2D eigenvalue weighted by Crippen LogP contribution is 2.32. The molecule has 3 aromatic rings. The molecule has 2 N–H and O–H groups in total. The van der Waals surface area contributed by atoms with Crippen molar-refractivity contribution in [2.75, 3.05) is 31.5 Å². The molecule has 1 saturated heterocycles. The Hall–Kier alpha value is -3.32. The first kappa shape index (κ1) is 21.9. The molecule has 1 fully saturated rings. The van der Waals surface area contributed by atoms with E-state index in [1.165, 1.54) is 35.9 Å². The summed E-state index contributed by atoms with van der Waals surface area (Å²) in [6, 6.07) is 14.4. The molecule has 1 aromatic heterocycles. The third kappa shape index (κ3) is 5.68. The zero-order valence-electron chi connectivity index (χ0n) is 17.8. The van der Waals surface area contributed by atoms with Crippen LogP contribution >= 0.6 is 0 Å². The summed E-state index contributed by atoms with van der Waals surface area (Å²) in [4.78, 5) is 20.5. The third-order valence-corrected chi connectivity index (χ3v) is 5.69. The molecule has 0 atom stereocenters. The molecule has 0 amide bonds. The first-order valence-electron chi connectivity index (χ1n) is 10.8. The third-order valence-electron chi connectivity index (χ3n) is 5.69. The lowest BCUT2D eigenvalue weighted by Gasteiger charge is -2.30. The van der Waals surface area contributed by atoms with Gasteiger partial charge in [-0.3, -0.25) is 4.79 Å². The van der Waals surface area contributed by atoms with E-state index in [9.17, 15) is 13.6 Å². The average Bonchev–Trinajstić information content (AvgIpc) is 2.80. The molecule has 0 radical (unpaired) electrons. The highest BCUT2D eigenvalue weighted by atomic mass is 19.1. The molecule has 1 aliphatic rings. The molecule has 5 nitrogen and oxygen atoms in total. The van der Waals surface area contributed by atoms with E-state index in [1.807, 2.05) is 0 Å². The van der Waals surface area contributed by atoms with Crippen LogP contribution in [0.3, 0.4) is 0 Å². The Balaban J connectivity index is 1.39. The van der Waals surface area contributed by atoms with Crippen LogP contribution in [0.25, 0.3) is 5.57 Å². The van der Waals surface area contributed by atoms with Crippen LogP contribution in [0.4, 0.5) is 14.7 Å². The minimum absolute atomic E-state index is 0.264. The zero-order chi connectivity index (χ0) is 22.3. The van der Waals surface area contributed by atoms with Gasteiger partial charge in [0.15, 0.2) is 0 Å². The number of benzene rings is 2. The number of hydrogen-bond acceptors (Lipinski definition) is 4. The molecule has 7 heteroatoms. The second-order valence-electron chi connectivity index (χ2n) is 7.89. The number of piperidine rings is 1. The quantitative estimate of drug-likeness (QED) is 0.538. The number of likely N-dealkylation sites (tertiary alicyclic amines) is 1. The van der Waals surface area contributed by atoms with Gasteiger partial charge < -0.3 is 15.2 Å². The van der Waals surface area contributed by atoms with Crippen LogP contribution in [-0.4, -0.2) is 41.0 Å². The summed E-state index contributed by atoms with van der Waals surface area (Å²) in [6.45, 7) is 3.53. The lowest BCUT2D eigenvalue weighted by molar-refractivity contribution is 0.256. The summed E-state index contributed by atoms with van der Waals surface area (Å²) in [5.74, 6) is -0.0459. The van der Waals surface area contributed by atoms with Gasteiger partial charge in [0.2, 0.25) is 5.95 Å². The van der Waals surface area contributed by atoms with Crippen LogP contribution < -0.4 is 10.9 Å². The van der Waals surface area contributed by atoms with E-state index >= 15 is 0 Å². The number of aromatic amines is 1. The van der Waals surface area contributed by atoms with Crippen LogP contribution in [-0.2, 0) is 0 Å². The number of anilines is 1. The fourth-order valence-electron chi connectivity index (χ4n) is 4.08. The average molecular weight is 437 g/mol. The topological polar surface area (TPSA) is 61.0 Å². The van der Waals surface area contributed by atoms with Crippen molar-refractivity contribution in [3.63, 3.8) is 0 Å². The molecule has 0 aliphatic carbocycles. The van der Waals surface area contributed by atoms with Gasteiger partial charge in [0.25, 0.3) is 5.56 Å². The molecule has 0 saturated carbocycles. The van der Waals surface area contributed by atoms with E-state index in [2.05, 4.69) is 20.2 Å². The Labute approximate surface area is 185 Å². The van der Waals surface area contributed by atoms with Crippen molar-refractivity contribution < 1.29 is 8.78 Å². The van der Waals surface area contributed by atoms with Crippen molar-refractivity contribution in [3.8, 4) is 0 Å². The number of nitrogens with one attached hydrogen (secondary N) is 2. The summed E-state index contributed by atoms with van der Waals surface area (Å²) in [6.07, 6.45) is 4.33. The van der Waals surface area contributed by atoms with Gasteiger partial charge in [-0.1, -0.05) is 29.8 Å². The molecular formula is C25H26F2N4O. The van der Waals surface area contributed by atoms with Gasteiger partial charge in [-0.25, -0.2) is 8.78 Å². The van der Waals surface area contributed by atoms with Crippen molar-refractivity contribution >= 4 is 11.5 Å². The van der Waals surface area contributed by atoms with Crippen LogP contribution in [0.1, 0.15) is 30.4 Å². The van der Waals surface area contributed by atoms with Crippen molar-refractivity contribution in [3.05, 3.63) is 99.5 Å². The predicted octanol–water partition coefficient (Wildman–Crippen LogP) is 4.45. The van der Waals surface area contributed by atoms with E-state index in [0.29, 0.717) is 5.95 Å². The Morgan fingerprint density at radius 3 is 2.09 bits per heavy atom. The number of hydrogen-bond donors (Lipinski definition) is 2. The fourth-order valence-corrected chi connectivity index (χ4v) is 4.08. The van der Waals surface area contributed by atoms with Gasteiger partial charge in [0.05, 0.1) is 0 Å². The summed E-state index contributed by atoms with van der Waals surface area (Å²) >= 11 is 0. The highest BCUT2D eigenvalue weighted by molar-refractivity contribution is 5.82. The number of H-pyrrole nitrogens is 1. The Morgan fingerprint density at radius 1 is 0.938 bits per heavy atom. The van der Waals surface area contributed by atoms with Crippen molar-refractivity contribution in [2.24, 2.45) is 0 Å². The molecule has 2 heterocycles.